The first kappa shape index (κ1) is 14.0. The number of rotatable bonds is 2. The highest BCUT2D eigenvalue weighted by Crippen LogP contribution is 2.34. The van der Waals surface area contributed by atoms with Crippen molar-refractivity contribution in [3.63, 3.8) is 0 Å². The molecule has 0 amide bonds. The van der Waals surface area contributed by atoms with Gasteiger partial charge in [-0.1, -0.05) is 0 Å². The molecule has 5 nitrogen and oxygen atoms in total. The summed E-state index contributed by atoms with van der Waals surface area (Å²) in [5, 5.41) is 0. The first-order valence-electron chi connectivity index (χ1n) is 5.59. The van der Waals surface area contributed by atoms with Crippen LogP contribution in [0.3, 0.4) is 0 Å². The fourth-order valence-corrected chi connectivity index (χ4v) is 1.61. The summed E-state index contributed by atoms with van der Waals surface area (Å²) < 4.78 is 38.9. The van der Waals surface area contributed by atoms with E-state index >= 15 is 0 Å². The van der Waals surface area contributed by atoms with Gasteiger partial charge in [0.05, 0.1) is 11.9 Å². The number of anilines is 1. The van der Waals surface area contributed by atoms with Crippen molar-refractivity contribution in [1.29, 1.82) is 0 Å². The Morgan fingerprint density at radius 3 is 2.45 bits per heavy atom. The summed E-state index contributed by atoms with van der Waals surface area (Å²) in [7, 11) is 2.91. The molecule has 0 aromatic carbocycles. The summed E-state index contributed by atoms with van der Waals surface area (Å²) in [5.41, 5.74) is -1.01. The van der Waals surface area contributed by atoms with E-state index in [1.165, 1.54) is 43.5 Å². The molecule has 2 heterocycles. The lowest BCUT2D eigenvalue weighted by atomic mass is 10.2. The van der Waals surface area contributed by atoms with Crippen molar-refractivity contribution in [2.75, 3.05) is 19.0 Å². The van der Waals surface area contributed by atoms with E-state index in [1.807, 2.05) is 0 Å². The van der Waals surface area contributed by atoms with Crippen molar-refractivity contribution in [1.82, 2.24) is 15.0 Å². The van der Waals surface area contributed by atoms with Gasteiger partial charge in [0.25, 0.3) is 0 Å². The van der Waals surface area contributed by atoms with E-state index in [4.69, 9.17) is 0 Å². The number of nitrogens with zero attached hydrogens (tertiary/aromatic N) is 3. The Hall–Kier alpha value is -2.38. The van der Waals surface area contributed by atoms with Crippen LogP contribution in [-0.4, -0.2) is 29.0 Å². The summed E-state index contributed by atoms with van der Waals surface area (Å²) >= 11 is 0. The molecule has 0 saturated carbocycles. The minimum atomic E-state index is -4.61. The van der Waals surface area contributed by atoms with Gasteiger partial charge in [0, 0.05) is 31.9 Å². The standard InChI is InChI=1S/C12H11F3N4O/c1-19(2)11-10(12(13,14)15)18-8(6-17-11)7-3-4-9(20)16-5-7/h3-6H,1-2H3,(H,16,20). The average molecular weight is 284 g/mol. The maximum Gasteiger partial charge on any atom is 0.437 e. The fraction of sp³-hybridized carbons (Fsp3) is 0.250. The molecule has 0 aliphatic carbocycles. The van der Waals surface area contributed by atoms with E-state index in [2.05, 4.69) is 15.0 Å². The molecule has 0 aliphatic rings. The molecule has 20 heavy (non-hydrogen) atoms. The van der Waals surface area contributed by atoms with E-state index < -0.39 is 11.9 Å². The van der Waals surface area contributed by atoms with E-state index in [0.29, 0.717) is 5.56 Å². The van der Waals surface area contributed by atoms with Crippen LogP contribution in [0.2, 0.25) is 0 Å². The number of nitrogens with one attached hydrogen (secondary N) is 1. The molecule has 0 saturated heterocycles. The van der Waals surface area contributed by atoms with Crippen molar-refractivity contribution in [3.05, 3.63) is 40.6 Å². The predicted molar refractivity (Wildman–Crippen MR) is 67.4 cm³/mol. The Bertz CT molecular complexity index is 659. The Labute approximate surface area is 112 Å². The minimum Gasteiger partial charge on any atom is -0.361 e. The summed E-state index contributed by atoms with van der Waals surface area (Å²) in [5.74, 6) is -0.259. The Kier molecular flexibility index (Phi) is 3.47. The molecule has 2 aromatic rings. The first-order valence-corrected chi connectivity index (χ1v) is 5.59. The highest BCUT2D eigenvalue weighted by atomic mass is 19.4. The van der Waals surface area contributed by atoms with E-state index in [1.54, 1.807) is 0 Å². The topological polar surface area (TPSA) is 61.9 Å². The summed E-state index contributed by atoms with van der Waals surface area (Å²) in [6.07, 6.45) is -2.08. The summed E-state index contributed by atoms with van der Waals surface area (Å²) in [6.45, 7) is 0. The smallest absolute Gasteiger partial charge is 0.361 e. The number of alkyl halides is 3. The van der Waals surface area contributed by atoms with Gasteiger partial charge in [-0.2, -0.15) is 13.2 Å². The largest absolute Gasteiger partial charge is 0.437 e. The van der Waals surface area contributed by atoms with Gasteiger partial charge in [0.2, 0.25) is 5.56 Å². The van der Waals surface area contributed by atoms with Crippen LogP contribution in [0, 0.1) is 0 Å². The van der Waals surface area contributed by atoms with Crippen LogP contribution in [0.5, 0.6) is 0 Å². The number of halogens is 3. The van der Waals surface area contributed by atoms with Crippen molar-refractivity contribution >= 4 is 5.82 Å². The molecule has 0 unspecified atom stereocenters. The quantitative estimate of drug-likeness (QED) is 0.915. The average Bonchev–Trinajstić information content (AvgIpc) is 2.38. The molecular formula is C12H11F3N4O. The van der Waals surface area contributed by atoms with Gasteiger partial charge in [-0.15, -0.1) is 0 Å². The van der Waals surface area contributed by atoms with Crippen LogP contribution in [0.25, 0.3) is 11.3 Å². The zero-order chi connectivity index (χ0) is 14.9. The van der Waals surface area contributed by atoms with Gasteiger partial charge in [0.1, 0.15) is 0 Å². The number of hydrogen-bond acceptors (Lipinski definition) is 4. The van der Waals surface area contributed by atoms with Gasteiger partial charge in [-0.05, 0) is 6.07 Å². The Morgan fingerprint density at radius 2 is 1.95 bits per heavy atom. The fourth-order valence-electron chi connectivity index (χ4n) is 1.61. The van der Waals surface area contributed by atoms with Crippen molar-refractivity contribution < 1.29 is 13.2 Å². The van der Waals surface area contributed by atoms with Crippen molar-refractivity contribution in [2.45, 2.75) is 6.18 Å². The number of H-pyrrole nitrogens is 1. The summed E-state index contributed by atoms with van der Waals surface area (Å²) in [6, 6.07) is 2.60. The first-order chi connectivity index (χ1) is 9.29. The zero-order valence-corrected chi connectivity index (χ0v) is 10.7. The molecule has 2 aromatic heterocycles. The van der Waals surface area contributed by atoms with E-state index in [0.717, 1.165) is 0 Å². The van der Waals surface area contributed by atoms with Gasteiger partial charge >= 0.3 is 6.18 Å². The number of aromatic nitrogens is 3. The van der Waals surface area contributed by atoms with Crippen molar-refractivity contribution in [2.24, 2.45) is 0 Å². The third kappa shape index (κ3) is 2.79. The van der Waals surface area contributed by atoms with Crippen LogP contribution < -0.4 is 10.5 Å². The maximum atomic E-state index is 13.0. The van der Waals surface area contributed by atoms with Gasteiger partial charge in [-0.25, -0.2) is 9.97 Å². The molecule has 2 rings (SSSR count). The van der Waals surface area contributed by atoms with Gasteiger partial charge in [0.15, 0.2) is 11.5 Å². The molecule has 0 aliphatic heterocycles. The second-order valence-corrected chi connectivity index (χ2v) is 4.26. The van der Waals surface area contributed by atoms with Gasteiger partial charge in [-0.3, -0.25) is 4.79 Å². The number of pyridine rings is 1. The Morgan fingerprint density at radius 1 is 1.25 bits per heavy atom. The molecule has 0 spiro atoms. The van der Waals surface area contributed by atoms with Gasteiger partial charge < -0.3 is 9.88 Å². The lowest BCUT2D eigenvalue weighted by molar-refractivity contribution is -0.140. The number of hydrogen-bond donors (Lipinski definition) is 1. The monoisotopic (exact) mass is 284 g/mol. The van der Waals surface area contributed by atoms with Crippen LogP contribution >= 0.6 is 0 Å². The predicted octanol–water partition coefficient (Wildman–Crippen LogP) is 1.92. The second kappa shape index (κ2) is 4.95. The number of aromatic amines is 1. The minimum absolute atomic E-state index is 0.0409. The SMILES string of the molecule is CN(C)c1ncc(-c2ccc(=O)[nH]c2)nc1C(F)(F)F. The molecule has 106 valence electrons. The van der Waals surface area contributed by atoms with E-state index in [-0.39, 0.29) is 17.1 Å². The molecule has 0 atom stereocenters. The van der Waals surface area contributed by atoms with Crippen LogP contribution in [-0.2, 0) is 6.18 Å². The maximum absolute atomic E-state index is 13.0. The lowest BCUT2D eigenvalue weighted by Gasteiger charge is -2.17. The highest BCUT2D eigenvalue weighted by molar-refractivity contribution is 5.59. The molecule has 8 heteroatoms. The zero-order valence-electron chi connectivity index (χ0n) is 10.7. The Balaban J connectivity index is 2.58. The third-order valence-electron chi connectivity index (χ3n) is 2.53. The van der Waals surface area contributed by atoms with Crippen LogP contribution in [0.1, 0.15) is 5.69 Å². The highest BCUT2D eigenvalue weighted by Gasteiger charge is 2.37. The third-order valence-corrected chi connectivity index (χ3v) is 2.53. The van der Waals surface area contributed by atoms with Crippen molar-refractivity contribution in [3.8, 4) is 11.3 Å². The second-order valence-electron chi connectivity index (χ2n) is 4.26. The molecule has 0 bridgehead atoms. The molecule has 0 radical (unpaired) electrons. The van der Waals surface area contributed by atoms with Crippen LogP contribution in [0.15, 0.2) is 29.3 Å². The summed E-state index contributed by atoms with van der Waals surface area (Å²) in [4.78, 5) is 22.0. The molecule has 0 fully saturated rings. The lowest BCUT2D eigenvalue weighted by Crippen LogP contribution is -2.20. The molecule has 1 N–H and O–H groups in total. The molecular weight excluding hydrogens is 273 g/mol. The van der Waals surface area contributed by atoms with E-state index in [9.17, 15) is 18.0 Å². The van der Waals surface area contributed by atoms with Crippen LogP contribution in [0.4, 0.5) is 19.0 Å². The normalized spacial score (nSPS) is 11.4.